The number of amides is 1. The standard InChI is InChI=1S/C24H22N4O4/c1-16-25-22(28-10-4-5-11-28)15-23(26-16)32-19-8-6-18(7-9-19)27-24(29)17-12-20(30-2)14-21(13-17)31-3/h4-15H,1-3H3,(H,27,29). The number of aryl methyl sites for hydroxylation is 1. The number of anilines is 1. The van der Waals surface area contributed by atoms with Crippen LogP contribution in [-0.4, -0.2) is 34.7 Å². The Morgan fingerprint density at radius 2 is 1.53 bits per heavy atom. The molecule has 0 aliphatic rings. The minimum atomic E-state index is -0.279. The molecule has 0 atom stereocenters. The summed E-state index contributed by atoms with van der Waals surface area (Å²) in [5.74, 6) is 3.14. The lowest BCUT2D eigenvalue weighted by Crippen LogP contribution is -2.12. The van der Waals surface area contributed by atoms with Gasteiger partial charge in [0, 0.05) is 35.8 Å². The van der Waals surface area contributed by atoms with E-state index in [-0.39, 0.29) is 5.91 Å². The molecule has 162 valence electrons. The molecule has 1 amide bonds. The lowest BCUT2D eigenvalue weighted by atomic mass is 10.1. The van der Waals surface area contributed by atoms with Crippen molar-refractivity contribution < 1.29 is 19.0 Å². The third-order valence-electron chi connectivity index (χ3n) is 4.62. The molecule has 2 aromatic heterocycles. The third-order valence-corrected chi connectivity index (χ3v) is 4.62. The Labute approximate surface area is 185 Å². The number of carbonyl (C=O) groups is 1. The number of nitrogens with one attached hydrogen (secondary N) is 1. The SMILES string of the molecule is COc1cc(OC)cc(C(=O)Nc2ccc(Oc3cc(-n4cccc4)nc(C)n3)cc2)c1. The Balaban J connectivity index is 1.47. The van der Waals surface area contributed by atoms with Crippen molar-refractivity contribution in [3.8, 4) is 28.9 Å². The monoisotopic (exact) mass is 430 g/mol. The minimum Gasteiger partial charge on any atom is -0.497 e. The Morgan fingerprint density at radius 3 is 2.16 bits per heavy atom. The van der Waals surface area contributed by atoms with Crippen LogP contribution >= 0.6 is 0 Å². The van der Waals surface area contributed by atoms with Gasteiger partial charge in [-0.1, -0.05) is 0 Å². The van der Waals surface area contributed by atoms with Crippen LogP contribution in [0.25, 0.3) is 5.82 Å². The number of nitrogens with zero attached hydrogens (tertiary/aromatic N) is 3. The van der Waals surface area contributed by atoms with Gasteiger partial charge in [0.1, 0.15) is 28.9 Å². The Bertz CT molecular complexity index is 1200. The molecule has 0 fully saturated rings. The molecule has 0 aliphatic heterocycles. The summed E-state index contributed by atoms with van der Waals surface area (Å²) >= 11 is 0. The maximum Gasteiger partial charge on any atom is 0.255 e. The van der Waals surface area contributed by atoms with Crippen LogP contribution in [0.2, 0.25) is 0 Å². The highest BCUT2D eigenvalue weighted by molar-refractivity contribution is 6.04. The molecule has 32 heavy (non-hydrogen) atoms. The highest BCUT2D eigenvalue weighted by atomic mass is 16.5. The van der Waals surface area contributed by atoms with Crippen molar-refractivity contribution in [2.45, 2.75) is 6.92 Å². The van der Waals surface area contributed by atoms with E-state index in [4.69, 9.17) is 14.2 Å². The number of carbonyl (C=O) groups excluding carboxylic acids is 1. The molecule has 8 nitrogen and oxygen atoms in total. The minimum absolute atomic E-state index is 0.279. The van der Waals surface area contributed by atoms with Crippen LogP contribution < -0.4 is 19.5 Å². The van der Waals surface area contributed by atoms with E-state index in [1.165, 1.54) is 14.2 Å². The Morgan fingerprint density at radius 1 is 0.875 bits per heavy atom. The Kier molecular flexibility index (Phi) is 6.03. The predicted molar refractivity (Wildman–Crippen MR) is 120 cm³/mol. The molecule has 0 radical (unpaired) electrons. The van der Waals surface area contributed by atoms with Crippen LogP contribution in [0.5, 0.6) is 23.1 Å². The van der Waals surface area contributed by atoms with Gasteiger partial charge in [0.2, 0.25) is 5.88 Å². The number of hydrogen-bond acceptors (Lipinski definition) is 6. The van der Waals surface area contributed by atoms with Crippen molar-refractivity contribution >= 4 is 11.6 Å². The van der Waals surface area contributed by atoms with Crippen LogP contribution in [0.4, 0.5) is 5.69 Å². The second kappa shape index (κ2) is 9.22. The van der Waals surface area contributed by atoms with Gasteiger partial charge in [0.05, 0.1) is 14.2 Å². The quantitative estimate of drug-likeness (QED) is 0.460. The lowest BCUT2D eigenvalue weighted by molar-refractivity contribution is 0.102. The third kappa shape index (κ3) is 4.86. The van der Waals surface area contributed by atoms with E-state index in [9.17, 15) is 4.79 Å². The number of hydrogen-bond donors (Lipinski definition) is 1. The van der Waals surface area contributed by atoms with Gasteiger partial charge in [-0.25, -0.2) is 4.98 Å². The topological polar surface area (TPSA) is 87.5 Å². The molecule has 2 aromatic carbocycles. The molecule has 4 aromatic rings. The fraction of sp³-hybridized carbons (Fsp3) is 0.125. The molecule has 0 aliphatic carbocycles. The van der Waals surface area contributed by atoms with Gasteiger partial charge in [0.25, 0.3) is 5.91 Å². The number of methoxy groups -OCH3 is 2. The highest BCUT2D eigenvalue weighted by Gasteiger charge is 2.11. The maximum atomic E-state index is 12.6. The van der Waals surface area contributed by atoms with Gasteiger partial charge >= 0.3 is 0 Å². The smallest absolute Gasteiger partial charge is 0.255 e. The first-order valence-corrected chi connectivity index (χ1v) is 9.85. The summed E-state index contributed by atoms with van der Waals surface area (Å²) in [5, 5.41) is 2.85. The zero-order chi connectivity index (χ0) is 22.5. The summed E-state index contributed by atoms with van der Waals surface area (Å²) < 4.78 is 18.2. The van der Waals surface area contributed by atoms with E-state index >= 15 is 0 Å². The fourth-order valence-electron chi connectivity index (χ4n) is 3.07. The molecule has 0 saturated carbocycles. The molecule has 1 N–H and O–H groups in total. The molecule has 0 spiro atoms. The van der Waals surface area contributed by atoms with Gasteiger partial charge in [-0.15, -0.1) is 0 Å². The second-order valence-corrected chi connectivity index (χ2v) is 6.88. The van der Waals surface area contributed by atoms with Crippen molar-refractivity contribution in [2.75, 3.05) is 19.5 Å². The number of rotatable bonds is 7. The van der Waals surface area contributed by atoms with E-state index in [2.05, 4.69) is 15.3 Å². The van der Waals surface area contributed by atoms with E-state index in [0.717, 1.165) is 5.82 Å². The van der Waals surface area contributed by atoms with Crippen molar-refractivity contribution in [2.24, 2.45) is 0 Å². The Hall–Kier alpha value is -4.33. The van der Waals surface area contributed by atoms with Crippen LogP contribution in [0.3, 0.4) is 0 Å². The number of ether oxygens (including phenoxy) is 3. The van der Waals surface area contributed by atoms with E-state index < -0.39 is 0 Å². The lowest BCUT2D eigenvalue weighted by Gasteiger charge is -2.11. The zero-order valence-corrected chi connectivity index (χ0v) is 17.9. The normalized spacial score (nSPS) is 10.5. The van der Waals surface area contributed by atoms with Gasteiger partial charge in [-0.05, 0) is 55.5 Å². The average molecular weight is 430 g/mol. The summed E-state index contributed by atoms with van der Waals surface area (Å²) in [6, 6.07) is 17.6. The number of benzene rings is 2. The van der Waals surface area contributed by atoms with Gasteiger partial charge < -0.3 is 24.1 Å². The van der Waals surface area contributed by atoms with Crippen LogP contribution in [0.15, 0.2) is 73.1 Å². The molecule has 0 saturated heterocycles. The van der Waals surface area contributed by atoms with E-state index in [1.807, 2.05) is 36.0 Å². The summed E-state index contributed by atoms with van der Waals surface area (Å²) in [6.07, 6.45) is 3.81. The summed E-state index contributed by atoms with van der Waals surface area (Å²) in [5.41, 5.74) is 1.05. The van der Waals surface area contributed by atoms with Crippen molar-refractivity contribution in [1.29, 1.82) is 0 Å². The summed E-state index contributed by atoms with van der Waals surface area (Å²) in [4.78, 5) is 21.4. The van der Waals surface area contributed by atoms with Crippen LogP contribution in [0, 0.1) is 6.92 Å². The van der Waals surface area contributed by atoms with Crippen molar-refractivity contribution in [3.05, 3.63) is 84.4 Å². The van der Waals surface area contributed by atoms with Crippen LogP contribution in [-0.2, 0) is 0 Å². The molecular formula is C24H22N4O4. The summed E-state index contributed by atoms with van der Waals surface area (Å²) in [7, 11) is 3.08. The predicted octanol–water partition coefficient (Wildman–Crippen LogP) is 4.64. The van der Waals surface area contributed by atoms with E-state index in [0.29, 0.717) is 40.2 Å². The molecule has 0 bridgehead atoms. The van der Waals surface area contributed by atoms with Crippen molar-refractivity contribution in [1.82, 2.24) is 14.5 Å². The largest absolute Gasteiger partial charge is 0.497 e. The molecular weight excluding hydrogens is 408 g/mol. The molecule has 4 rings (SSSR count). The first-order chi connectivity index (χ1) is 15.5. The van der Waals surface area contributed by atoms with Gasteiger partial charge in [-0.2, -0.15) is 4.98 Å². The molecule has 2 heterocycles. The van der Waals surface area contributed by atoms with Gasteiger partial charge in [-0.3, -0.25) is 4.79 Å². The first kappa shape index (κ1) is 20.9. The first-order valence-electron chi connectivity index (χ1n) is 9.85. The number of aromatic nitrogens is 3. The zero-order valence-electron chi connectivity index (χ0n) is 17.9. The van der Waals surface area contributed by atoms with E-state index in [1.54, 1.807) is 48.5 Å². The second-order valence-electron chi connectivity index (χ2n) is 6.88. The van der Waals surface area contributed by atoms with Gasteiger partial charge in [0.15, 0.2) is 0 Å². The molecule has 8 heteroatoms. The fourth-order valence-corrected chi connectivity index (χ4v) is 3.07. The average Bonchev–Trinajstić information content (AvgIpc) is 3.35. The van der Waals surface area contributed by atoms with Crippen LogP contribution in [0.1, 0.15) is 16.2 Å². The van der Waals surface area contributed by atoms with Crippen molar-refractivity contribution in [3.63, 3.8) is 0 Å². The highest BCUT2D eigenvalue weighted by Crippen LogP contribution is 2.25. The molecule has 0 unspecified atom stereocenters. The maximum absolute atomic E-state index is 12.6. The summed E-state index contributed by atoms with van der Waals surface area (Å²) in [6.45, 7) is 1.81.